The van der Waals surface area contributed by atoms with Crippen LogP contribution in [-0.4, -0.2) is 65.3 Å². The first-order chi connectivity index (χ1) is 14.3. The molecule has 0 atom stereocenters. The van der Waals surface area contributed by atoms with E-state index < -0.39 is 0 Å². The van der Waals surface area contributed by atoms with E-state index in [1.807, 2.05) is 29.3 Å². The molecule has 1 fully saturated rings. The lowest BCUT2D eigenvalue weighted by atomic mass is 10.1. The van der Waals surface area contributed by atoms with Gasteiger partial charge in [-0.3, -0.25) is 14.8 Å². The van der Waals surface area contributed by atoms with E-state index in [0.29, 0.717) is 32.1 Å². The van der Waals surface area contributed by atoms with Crippen molar-refractivity contribution in [2.75, 3.05) is 39.4 Å². The summed E-state index contributed by atoms with van der Waals surface area (Å²) in [5.41, 5.74) is 3.12. The second kappa shape index (κ2) is 7.63. The number of benzene rings is 1. The minimum absolute atomic E-state index is 0.0464. The standard InChI is InChI=1S/C21H22N4O4/c26-21(18-2-1-9-27-18)25-7-5-24(6-8-25)14-16-13-22-23-20(16)15-3-4-17-19(12-15)29-11-10-28-17/h1-4,9,12-13H,5-8,10-11,14H2,(H,22,23). The topological polar surface area (TPSA) is 83.8 Å². The minimum Gasteiger partial charge on any atom is -0.486 e. The molecule has 0 aliphatic carbocycles. The van der Waals surface area contributed by atoms with Gasteiger partial charge in [0.15, 0.2) is 17.3 Å². The van der Waals surface area contributed by atoms with Gasteiger partial charge in [0, 0.05) is 43.9 Å². The highest BCUT2D eigenvalue weighted by Crippen LogP contribution is 2.35. The normalized spacial score (nSPS) is 16.8. The Hall–Kier alpha value is -3.26. The van der Waals surface area contributed by atoms with Gasteiger partial charge in [-0.15, -0.1) is 0 Å². The number of nitrogens with one attached hydrogen (secondary N) is 1. The third-order valence-corrected chi connectivity index (χ3v) is 5.33. The number of aromatic amines is 1. The Morgan fingerprint density at radius 3 is 2.69 bits per heavy atom. The molecule has 1 N–H and O–H groups in total. The summed E-state index contributed by atoms with van der Waals surface area (Å²) in [6.45, 7) is 4.87. The van der Waals surface area contributed by atoms with E-state index >= 15 is 0 Å². The summed E-state index contributed by atoms with van der Waals surface area (Å²) < 4.78 is 16.5. The Morgan fingerprint density at radius 2 is 1.90 bits per heavy atom. The Labute approximate surface area is 168 Å². The molecule has 0 saturated carbocycles. The van der Waals surface area contributed by atoms with Crippen molar-refractivity contribution in [3.05, 3.63) is 54.1 Å². The van der Waals surface area contributed by atoms with E-state index in [1.165, 1.54) is 6.26 Å². The van der Waals surface area contributed by atoms with Crippen LogP contribution in [0.5, 0.6) is 11.5 Å². The van der Waals surface area contributed by atoms with Crippen molar-refractivity contribution in [2.24, 2.45) is 0 Å². The molecule has 150 valence electrons. The molecular formula is C21H22N4O4. The molecule has 1 aromatic carbocycles. The summed E-state index contributed by atoms with van der Waals surface area (Å²) in [6, 6.07) is 9.39. The molecule has 3 aromatic rings. The van der Waals surface area contributed by atoms with Gasteiger partial charge in [-0.1, -0.05) is 0 Å². The average molecular weight is 394 g/mol. The average Bonchev–Trinajstić information content (AvgIpc) is 3.46. The fraction of sp³-hybridized carbons (Fsp3) is 0.333. The van der Waals surface area contributed by atoms with Crippen molar-refractivity contribution in [1.29, 1.82) is 0 Å². The van der Waals surface area contributed by atoms with Crippen LogP contribution in [0.2, 0.25) is 0 Å². The van der Waals surface area contributed by atoms with Gasteiger partial charge in [0.05, 0.1) is 18.2 Å². The number of hydrogen-bond acceptors (Lipinski definition) is 6. The van der Waals surface area contributed by atoms with Crippen LogP contribution in [0.15, 0.2) is 47.2 Å². The third kappa shape index (κ3) is 3.58. The molecule has 5 rings (SSSR count). The zero-order valence-corrected chi connectivity index (χ0v) is 16.0. The van der Waals surface area contributed by atoms with Crippen LogP contribution >= 0.6 is 0 Å². The number of ether oxygens (including phenoxy) is 2. The van der Waals surface area contributed by atoms with Gasteiger partial charge in [-0.25, -0.2) is 0 Å². The number of nitrogens with zero attached hydrogens (tertiary/aromatic N) is 3. The summed E-state index contributed by atoms with van der Waals surface area (Å²) >= 11 is 0. The summed E-state index contributed by atoms with van der Waals surface area (Å²) in [5.74, 6) is 1.89. The predicted octanol–water partition coefficient (Wildman–Crippen LogP) is 2.40. The highest BCUT2D eigenvalue weighted by atomic mass is 16.6. The lowest BCUT2D eigenvalue weighted by Crippen LogP contribution is -2.48. The lowest BCUT2D eigenvalue weighted by Gasteiger charge is -2.34. The monoisotopic (exact) mass is 394 g/mol. The van der Waals surface area contributed by atoms with Crippen LogP contribution < -0.4 is 9.47 Å². The molecule has 1 saturated heterocycles. The first kappa shape index (κ1) is 17.8. The first-order valence-electron chi connectivity index (χ1n) is 9.75. The maximum absolute atomic E-state index is 12.4. The van der Waals surface area contributed by atoms with Crippen LogP contribution in [0.3, 0.4) is 0 Å². The molecule has 1 amide bonds. The third-order valence-electron chi connectivity index (χ3n) is 5.33. The fourth-order valence-electron chi connectivity index (χ4n) is 3.79. The van der Waals surface area contributed by atoms with E-state index in [-0.39, 0.29) is 5.91 Å². The number of H-pyrrole nitrogens is 1. The Balaban J connectivity index is 1.25. The summed E-state index contributed by atoms with van der Waals surface area (Å²) in [4.78, 5) is 16.6. The van der Waals surface area contributed by atoms with E-state index in [2.05, 4.69) is 15.1 Å². The number of amides is 1. The second-order valence-electron chi connectivity index (χ2n) is 7.17. The van der Waals surface area contributed by atoms with Crippen LogP contribution in [0.25, 0.3) is 11.3 Å². The van der Waals surface area contributed by atoms with Gasteiger partial charge in [0.1, 0.15) is 13.2 Å². The van der Waals surface area contributed by atoms with Gasteiger partial charge in [0.25, 0.3) is 5.91 Å². The van der Waals surface area contributed by atoms with Crippen LogP contribution in [-0.2, 0) is 6.54 Å². The molecule has 0 radical (unpaired) electrons. The molecule has 2 aliphatic rings. The van der Waals surface area contributed by atoms with Crippen LogP contribution in [0.1, 0.15) is 16.1 Å². The minimum atomic E-state index is -0.0464. The number of hydrogen-bond donors (Lipinski definition) is 1. The molecule has 2 aliphatic heterocycles. The summed E-state index contributed by atoms with van der Waals surface area (Å²) in [5, 5.41) is 7.37. The molecule has 0 bridgehead atoms. The van der Waals surface area contributed by atoms with Gasteiger partial charge < -0.3 is 18.8 Å². The smallest absolute Gasteiger partial charge is 0.289 e. The zero-order chi connectivity index (χ0) is 19.6. The fourth-order valence-corrected chi connectivity index (χ4v) is 3.79. The number of piperazine rings is 1. The molecule has 2 aromatic heterocycles. The number of furan rings is 1. The Kier molecular flexibility index (Phi) is 4.69. The number of carbonyl (C=O) groups excluding carboxylic acids is 1. The van der Waals surface area contributed by atoms with Gasteiger partial charge in [-0.05, 0) is 30.3 Å². The van der Waals surface area contributed by atoms with E-state index in [9.17, 15) is 4.79 Å². The first-order valence-corrected chi connectivity index (χ1v) is 9.75. The molecule has 8 heteroatoms. The Bertz CT molecular complexity index is 990. The maximum Gasteiger partial charge on any atom is 0.289 e. The van der Waals surface area contributed by atoms with Crippen molar-refractivity contribution in [2.45, 2.75) is 6.54 Å². The molecule has 0 spiro atoms. The second-order valence-corrected chi connectivity index (χ2v) is 7.17. The van der Waals surface area contributed by atoms with Crippen LogP contribution in [0, 0.1) is 0 Å². The van der Waals surface area contributed by atoms with E-state index in [0.717, 1.165) is 48.0 Å². The maximum atomic E-state index is 12.4. The lowest BCUT2D eigenvalue weighted by molar-refractivity contribution is 0.0598. The molecule has 29 heavy (non-hydrogen) atoms. The summed E-state index contributed by atoms with van der Waals surface area (Å²) in [6.07, 6.45) is 3.40. The number of fused-ring (bicyclic) bond motifs is 1. The highest BCUT2D eigenvalue weighted by Gasteiger charge is 2.24. The number of rotatable bonds is 4. The molecule has 0 unspecified atom stereocenters. The van der Waals surface area contributed by atoms with Crippen molar-refractivity contribution in [1.82, 2.24) is 20.0 Å². The van der Waals surface area contributed by atoms with Gasteiger partial charge in [-0.2, -0.15) is 5.10 Å². The van der Waals surface area contributed by atoms with Crippen molar-refractivity contribution in [3.63, 3.8) is 0 Å². The quantitative estimate of drug-likeness (QED) is 0.732. The van der Waals surface area contributed by atoms with Crippen molar-refractivity contribution < 1.29 is 18.7 Å². The number of aromatic nitrogens is 2. The van der Waals surface area contributed by atoms with Gasteiger partial charge >= 0.3 is 0 Å². The van der Waals surface area contributed by atoms with Crippen molar-refractivity contribution in [3.8, 4) is 22.8 Å². The molecule has 8 nitrogen and oxygen atoms in total. The largest absolute Gasteiger partial charge is 0.486 e. The molecular weight excluding hydrogens is 372 g/mol. The van der Waals surface area contributed by atoms with Crippen molar-refractivity contribution >= 4 is 5.91 Å². The molecule has 4 heterocycles. The SMILES string of the molecule is O=C(c1ccco1)N1CCN(Cc2cn[nH]c2-c2ccc3c(c2)OCCO3)CC1. The van der Waals surface area contributed by atoms with E-state index in [1.54, 1.807) is 12.1 Å². The zero-order valence-electron chi connectivity index (χ0n) is 16.0. The number of carbonyl (C=O) groups is 1. The van der Waals surface area contributed by atoms with E-state index in [4.69, 9.17) is 13.9 Å². The highest BCUT2D eigenvalue weighted by molar-refractivity contribution is 5.91. The van der Waals surface area contributed by atoms with Gasteiger partial charge in [0.2, 0.25) is 0 Å². The predicted molar refractivity (Wildman–Crippen MR) is 105 cm³/mol. The van der Waals surface area contributed by atoms with Crippen LogP contribution in [0.4, 0.5) is 0 Å². The summed E-state index contributed by atoms with van der Waals surface area (Å²) in [7, 11) is 0. The Morgan fingerprint density at radius 1 is 1.07 bits per heavy atom.